The lowest BCUT2D eigenvalue weighted by atomic mass is 9.91. The van der Waals surface area contributed by atoms with Gasteiger partial charge in [-0.25, -0.2) is 14.4 Å². The summed E-state index contributed by atoms with van der Waals surface area (Å²) in [6, 6.07) is 38.4. The molecule has 0 radical (unpaired) electrons. The van der Waals surface area contributed by atoms with Gasteiger partial charge in [-0.15, -0.1) is 11.8 Å². The van der Waals surface area contributed by atoms with Gasteiger partial charge in [0.2, 0.25) is 0 Å². The van der Waals surface area contributed by atoms with Crippen LogP contribution in [-0.4, -0.2) is 53.2 Å². The first-order valence-corrected chi connectivity index (χ1v) is 19.0. The Bertz CT molecular complexity index is 2060. The van der Waals surface area contributed by atoms with Gasteiger partial charge in [0.25, 0.3) is 0 Å². The molecule has 1 aliphatic rings. The Hall–Kier alpha value is -5.46. The normalized spacial score (nSPS) is 18.5. The number of aliphatic hydroxyl groups excluding tert-OH is 1. The molecule has 284 valence electrons. The average molecular weight is 761 g/mol. The maximum atomic E-state index is 13.0. The molecule has 0 unspecified atom stereocenters. The summed E-state index contributed by atoms with van der Waals surface area (Å²) in [7, 11) is 1.30. The van der Waals surface area contributed by atoms with Crippen LogP contribution in [-0.2, 0) is 38.6 Å². The van der Waals surface area contributed by atoms with Crippen molar-refractivity contribution in [2.75, 3.05) is 12.9 Å². The number of urea groups is 1. The largest absolute Gasteiger partial charge is 0.478 e. The molecule has 5 aromatic carbocycles. The number of aliphatic hydroxyl groups is 1. The maximum Gasteiger partial charge on any atom is 0.336 e. The third kappa shape index (κ3) is 10.00. The third-order valence-electron chi connectivity index (χ3n) is 9.67. The summed E-state index contributed by atoms with van der Waals surface area (Å²) in [5, 5.41) is 25.0. The number of methoxy groups -OCH3 is 1. The number of carbonyl (C=O) groups is 3. The molecule has 1 aliphatic heterocycles. The van der Waals surface area contributed by atoms with Gasteiger partial charge in [-0.1, -0.05) is 122 Å². The van der Waals surface area contributed by atoms with Gasteiger partial charge in [0.05, 0.1) is 31.5 Å². The molecule has 0 aromatic heterocycles. The Morgan fingerprint density at radius 3 is 2.18 bits per heavy atom. The summed E-state index contributed by atoms with van der Waals surface area (Å²) in [6.07, 6.45) is -1.01. The Morgan fingerprint density at radius 2 is 1.47 bits per heavy atom. The summed E-state index contributed by atoms with van der Waals surface area (Å²) in [5.41, 5.74) is 6.46. The second-order valence-corrected chi connectivity index (χ2v) is 14.4. The Morgan fingerprint density at radius 1 is 0.800 bits per heavy atom. The van der Waals surface area contributed by atoms with E-state index < -0.39 is 30.3 Å². The second-order valence-electron chi connectivity index (χ2n) is 13.3. The summed E-state index contributed by atoms with van der Waals surface area (Å²) in [4.78, 5) is 38.0. The average Bonchev–Trinajstić information content (AvgIpc) is 3.22. The molecule has 5 atom stereocenters. The van der Waals surface area contributed by atoms with Crippen LogP contribution in [0.25, 0.3) is 11.1 Å². The SMILES string of the molecule is COC(=O)[C@H](Cc1ccccc1)NC(=O)NCc1ccccc1-c1ccc([C@H]2O[C@@H](CSc3ccccc3C(=O)O)[C@@H](C)[C@@H](c3ccc(CO)cc3)O2)cc1. The van der Waals surface area contributed by atoms with Crippen LogP contribution in [0.15, 0.2) is 132 Å². The molecule has 0 saturated carbocycles. The number of carbonyl (C=O) groups excluding carboxylic acids is 2. The first-order chi connectivity index (χ1) is 26.7. The zero-order chi connectivity index (χ0) is 38.7. The van der Waals surface area contributed by atoms with E-state index in [0.717, 1.165) is 38.9 Å². The van der Waals surface area contributed by atoms with Crippen LogP contribution < -0.4 is 10.6 Å². The molecule has 6 rings (SSSR count). The number of ether oxygens (including phenoxy) is 3. The molecule has 2 amide bonds. The van der Waals surface area contributed by atoms with Gasteiger partial charge in [0, 0.05) is 35.1 Å². The quantitative estimate of drug-likeness (QED) is 0.0661. The van der Waals surface area contributed by atoms with Crippen LogP contribution in [0.4, 0.5) is 4.79 Å². The Labute approximate surface area is 324 Å². The lowest BCUT2D eigenvalue weighted by Crippen LogP contribution is -2.47. The fraction of sp³-hybridized carbons (Fsp3) is 0.250. The van der Waals surface area contributed by atoms with Crippen LogP contribution in [0, 0.1) is 5.92 Å². The van der Waals surface area contributed by atoms with Crippen molar-refractivity contribution in [3.05, 3.63) is 161 Å². The molecule has 4 N–H and O–H groups in total. The standard InChI is InChI=1S/C44H44N2O8S/c1-28-38(27-55-39-15-9-8-14-36(39)41(48)49)53-43(54-40(28)32-18-16-30(26-47)17-19-32)33-22-20-31(21-23-33)35-13-7-6-12-34(35)25-45-44(51)46-37(42(50)52-2)24-29-10-4-3-5-11-29/h3-23,28,37-38,40,43,47H,24-27H2,1-2H3,(H,48,49)(H2,45,46,51)/t28-,37+,38+,40+,43+/m1/s1. The molecule has 1 saturated heterocycles. The fourth-order valence-electron chi connectivity index (χ4n) is 6.60. The molecule has 0 spiro atoms. The smallest absolute Gasteiger partial charge is 0.336 e. The van der Waals surface area contributed by atoms with Crippen molar-refractivity contribution < 1.29 is 38.8 Å². The predicted molar refractivity (Wildman–Crippen MR) is 210 cm³/mol. The van der Waals surface area contributed by atoms with Crippen molar-refractivity contribution in [2.24, 2.45) is 5.92 Å². The van der Waals surface area contributed by atoms with Crippen LogP contribution in [0.2, 0.25) is 0 Å². The first kappa shape index (κ1) is 39.2. The molecule has 5 aromatic rings. The van der Waals surface area contributed by atoms with E-state index in [2.05, 4.69) is 17.6 Å². The molecular formula is C44H44N2O8S. The highest BCUT2D eigenvalue weighted by Gasteiger charge is 2.38. The molecule has 1 heterocycles. The number of esters is 1. The minimum Gasteiger partial charge on any atom is -0.478 e. The number of aromatic carboxylic acids is 1. The number of hydrogen-bond acceptors (Lipinski definition) is 8. The van der Waals surface area contributed by atoms with Crippen LogP contribution >= 0.6 is 11.8 Å². The number of benzene rings is 5. The number of amides is 2. The van der Waals surface area contributed by atoms with E-state index in [-0.39, 0.29) is 36.8 Å². The topological polar surface area (TPSA) is 143 Å². The van der Waals surface area contributed by atoms with Gasteiger partial charge < -0.3 is 35.1 Å². The van der Waals surface area contributed by atoms with E-state index in [4.69, 9.17) is 14.2 Å². The molecular weight excluding hydrogens is 717 g/mol. The minimum atomic E-state index is -0.976. The van der Waals surface area contributed by atoms with Crippen molar-refractivity contribution in [1.29, 1.82) is 0 Å². The van der Waals surface area contributed by atoms with Crippen LogP contribution in [0.1, 0.15) is 57.5 Å². The highest BCUT2D eigenvalue weighted by atomic mass is 32.2. The molecule has 55 heavy (non-hydrogen) atoms. The fourth-order valence-corrected chi connectivity index (χ4v) is 7.81. The summed E-state index contributed by atoms with van der Waals surface area (Å²) in [5.74, 6) is -1.07. The predicted octanol–water partition coefficient (Wildman–Crippen LogP) is 7.71. The van der Waals surface area contributed by atoms with Crippen LogP contribution in [0.5, 0.6) is 0 Å². The molecule has 0 aliphatic carbocycles. The van der Waals surface area contributed by atoms with E-state index in [9.17, 15) is 24.6 Å². The maximum absolute atomic E-state index is 13.0. The zero-order valence-corrected chi connectivity index (χ0v) is 31.4. The molecule has 1 fully saturated rings. The lowest BCUT2D eigenvalue weighted by Gasteiger charge is -2.41. The monoisotopic (exact) mass is 760 g/mol. The van der Waals surface area contributed by atoms with E-state index in [1.165, 1.54) is 18.9 Å². The first-order valence-electron chi connectivity index (χ1n) is 18.0. The second kappa shape index (κ2) is 18.7. The summed E-state index contributed by atoms with van der Waals surface area (Å²) >= 11 is 1.45. The highest BCUT2D eigenvalue weighted by Crippen LogP contribution is 2.43. The van der Waals surface area contributed by atoms with Crippen molar-refractivity contribution in [3.63, 3.8) is 0 Å². The van der Waals surface area contributed by atoms with Crippen molar-refractivity contribution in [2.45, 2.75) is 55.9 Å². The van der Waals surface area contributed by atoms with E-state index in [1.807, 2.05) is 115 Å². The van der Waals surface area contributed by atoms with Gasteiger partial charge in [-0.2, -0.15) is 0 Å². The van der Waals surface area contributed by atoms with Crippen LogP contribution in [0.3, 0.4) is 0 Å². The molecule has 11 heteroatoms. The number of carboxylic acid groups (broad SMARTS) is 1. The van der Waals surface area contributed by atoms with Gasteiger partial charge in [-0.05, 0) is 45.5 Å². The molecule has 10 nitrogen and oxygen atoms in total. The van der Waals surface area contributed by atoms with Crippen molar-refractivity contribution in [3.8, 4) is 11.1 Å². The van der Waals surface area contributed by atoms with Gasteiger partial charge in [0.1, 0.15) is 6.04 Å². The molecule has 0 bridgehead atoms. The summed E-state index contributed by atoms with van der Waals surface area (Å²) in [6.45, 7) is 2.23. The third-order valence-corrected chi connectivity index (χ3v) is 10.8. The van der Waals surface area contributed by atoms with E-state index in [0.29, 0.717) is 17.1 Å². The lowest BCUT2D eigenvalue weighted by molar-refractivity contribution is -0.268. The minimum absolute atomic E-state index is 0.0568. The number of carboxylic acids is 1. The van der Waals surface area contributed by atoms with E-state index in [1.54, 1.807) is 12.1 Å². The Kier molecular flexibility index (Phi) is 13.4. The Balaban J connectivity index is 1.17. The van der Waals surface area contributed by atoms with Gasteiger partial charge in [0.15, 0.2) is 6.29 Å². The number of rotatable bonds is 14. The van der Waals surface area contributed by atoms with Gasteiger partial charge >= 0.3 is 18.0 Å². The highest BCUT2D eigenvalue weighted by molar-refractivity contribution is 7.99. The van der Waals surface area contributed by atoms with Crippen molar-refractivity contribution >= 4 is 29.7 Å². The van der Waals surface area contributed by atoms with E-state index >= 15 is 0 Å². The van der Waals surface area contributed by atoms with Gasteiger partial charge in [-0.3, -0.25) is 0 Å². The zero-order valence-electron chi connectivity index (χ0n) is 30.6. The number of hydrogen-bond donors (Lipinski definition) is 4. The van der Waals surface area contributed by atoms with Crippen molar-refractivity contribution in [1.82, 2.24) is 10.6 Å². The summed E-state index contributed by atoms with van der Waals surface area (Å²) < 4.78 is 18.2. The number of nitrogens with one attached hydrogen (secondary N) is 2. The number of thioether (sulfide) groups is 1.